The summed E-state index contributed by atoms with van der Waals surface area (Å²) >= 11 is 0. The van der Waals surface area contributed by atoms with E-state index in [4.69, 9.17) is 5.26 Å². The zero-order valence-corrected chi connectivity index (χ0v) is 10.6. The Balaban J connectivity index is 3.25. The van der Waals surface area contributed by atoms with Gasteiger partial charge in [-0.05, 0) is 49.1 Å². The van der Waals surface area contributed by atoms with Crippen molar-refractivity contribution in [3.05, 3.63) is 65.3 Å². The van der Waals surface area contributed by atoms with Crippen molar-refractivity contribution >= 4 is 5.57 Å². The number of nitriles is 1. The molecule has 1 nitrogen and oxygen atoms in total. The summed E-state index contributed by atoms with van der Waals surface area (Å²) in [4.78, 5) is 0. The van der Waals surface area contributed by atoms with Crippen molar-refractivity contribution in [1.82, 2.24) is 0 Å². The largest absolute Gasteiger partial charge is 0.192 e. The van der Waals surface area contributed by atoms with Crippen LogP contribution in [0, 0.1) is 18.3 Å². The summed E-state index contributed by atoms with van der Waals surface area (Å²) in [5.74, 6) is 0. The van der Waals surface area contributed by atoms with E-state index in [1.54, 1.807) is 0 Å². The van der Waals surface area contributed by atoms with Gasteiger partial charge in [-0.15, -0.1) is 0 Å². The smallest absolute Gasteiger partial charge is 0.0994 e. The Labute approximate surface area is 103 Å². The summed E-state index contributed by atoms with van der Waals surface area (Å²) < 4.78 is 0. The highest BCUT2D eigenvalue weighted by Crippen LogP contribution is 2.22. The summed E-state index contributed by atoms with van der Waals surface area (Å²) in [5.41, 5.74) is 4.84. The van der Waals surface area contributed by atoms with Gasteiger partial charge in [0.1, 0.15) is 0 Å². The van der Waals surface area contributed by atoms with Gasteiger partial charge in [0.25, 0.3) is 0 Å². The number of allylic oxidation sites excluding steroid dienone is 5. The van der Waals surface area contributed by atoms with Crippen molar-refractivity contribution in [2.24, 2.45) is 0 Å². The predicted octanol–water partition coefficient (Wildman–Crippen LogP) is 4.42. The highest BCUT2D eigenvalue weighted by molar-refractivity contribution is 5.78. The van der Waals surface area contributed by atoms with Crippen LogP contribution in [0.25, 0.3) is 5.57 Å². The van der Waals surface area contributed by atoms with Crippen molar-refractivity contribution in [3.63, 3.8) is 0 Å². The summed E-state index contributed by atoms with van der Waals surface area (Å²) in [5, 5.41) is 9.05. The summed E-state index contributed by atoms with van der Waals surface area (Å²) in [6, 6.07) is 10.3. The van der Waals surface area contributed by atoms with Crippen molar-refractivity contribution in [1.29, 1.82) is 5.26 Å². The van der Waals surface area contributed by atoms with Gasteiger partial charge in [0.2, 0.25) is 0 Å². The maximum atomic E-state index is 9.05. The lowest BCUT2D eigenvalue weighted by molar-refractivity contribution is 1.39. The summed E-state index contributed by atoms with van der Waals surface area (Å²) in [6.45, 7) is 9.71. The molecular formula is C16H17N. The first-order valence-corrected chi connectivity index (χ1v) is 5.60. The lowest BCUT2D eigenvalue weighted by Gasteiger charge is -2.07. The molecule has 0 heterocycles. The van der Waals surface area contributed by atoms with Crippen molar-refractivity contribution in [3.8, 4) is 6.07 Å². The van der Waals surface area contributed by atoms with E-state index in [2.05, 4.69) is 31.7 Å². The van der Waals surface area contributed by atoms with Gasteiger partial charge < -0.3 is 0 Å². The van der Waals surface area contributed by atoms with Gasteiger partial charge in [-0.2, -0.15) is 5.26 Å². The maximum Gasteiger partial charge on any atom is 0.0994 e. The number of rotatable bonds is 3. The average Bonchev–Trinajstić information content (AvgIpc) is 2.31. The van der Waals surface area contributed by atoms with Gasteiger partial charge in [-0.3, -0.25) is 0 Å². The van der Waals surface area contributed by atoms with Gasteiger partial charge in [-0.25, -0.2) is 0 Å². The first-order chi connectivity index (χ1) is 8.10. The second-order valence-electron chi connectivity index (χ2n) is 4.01. The zero-order valence-electron chi connectivity index (χ0n) is 10.6. The highest BCUT2D eigenvalue weighted by atomic mass is 14.2. The molecule has 0 fully saturated rings. The molecule has 0 spiro atoms. The topological polar surface area (TPSA) is 23.8 Å². The zero-order chi connectivity index (χ0) is 12.8. The van der Waals surface area contributed by atoms with E-state index in [0.717, 1.165) is 16.7 Å². The van der Waals surface area contributed by atoms with Crippen LogP contribution in [0.4, 0.5) is 0 Å². The lowest BCUT2D eigenvalue weighted by Crippen LogP contribution is -1.88. The second-order valence-corrected chi connectivity index (χ2v) is 4.01. The highest BCUT2D eigenvalue weighted by Gasteiger charge is 2.03. The van der Waals surface area contributed by atoms with Crippen LogP contribution < -0.4 is 0 Å². The number of benzene rings is 1. The monoisotopic (exact) mass is 223 g/mol. The standard InChI is InChI=1S/C16H17N/c1-5-14(10-15(11-17)12(2)3)16-9-7-6-8-13(16)4/h5-10H,2H2,1,3-4H3/b14-5-,15-10+. The molecule has 0 amide bonds. The molecule has 17 heavy (non-hydrogen) atoms. The quantitative estimate of drug-likeness (QED) is 0.549. The normalized spacial score (nSPS) is 12.1. The molecule has 0 aliphatic heterocycles. The van der Waals surface area contributed by atoms with Crippen LogP contribution in [0.1, 0.15) is 25.0 Å². The molecule has 0 bridgehead atoms. The van der Waals surface area contributed by atoms with Crippen LogP contribution in [-0.2, 0) is 0 Å². The van der Waals surface area contributed by atoms with E-state index in [1.807, 2.05) is 38.1 Å². The van der Waals surface area contributed by atoms with Crippen LogP contribution in [0.3, 0.4) is 0 Å². The molecule has 0 aromatic heterocycles. The van der Waals surface area contributed by atoms with Crippen molar-refractivity contribution in [2.75, 3.05) is 0 Å². The van der Waals surface area contributed by atoms with E-state index in [-0.39, 0.29) is 0 Å². The first-order valence-electron chi connectivity index (χ1n) is 5.60. The van der Waals surface area contributed by atoms with Crippen molar-refractivity contribution < 1.29 is 0 Å². The Morgan fingerprint density at radius 1 is 1.35 bits per heavy atom. The Morgan fingerprint density at radius 2 is 2.00 bits per heavy atom. The molecule has 1 heteroatoms. The fourth-order valence-corrected chi connectivity index (χ4v) is 1.62. The van der Waals surface area contributed by atoms with Gasteiger partial charge in [0, 0.05) is 0 Å². The van der Waals surface area contributed by atoms with Gasteiger partial charge >= 0.3 is 0 Å². The number of aryl methyl sites for hydroxylation is 1. The first kappa shape index (κ1) is 13.0. The molecule has 86 valence electrons. The molecule has 1 aromatic rings. The van der Waals surface area contributed by atoms with E-state index in [1.165, 1.54) is 5.56 Å². The van der Waals surface area contributed by atoms with E-state index < -0.39 is 0 Å². The molecule has 0 saturated carbocycles. The Bertz CT molecular complexity index is 525. The second kappa shape index (κ2) is 5.86. The molecule has 1 aromatic carbocycles. The average molecular weight is 223 g/mol. The molecule has 0 radical (unpaired) electrons. The van der Waals surface area contributed by atoms with Gasteiger partial charge in [0.15, 0.2) is 0 Å². The molecule has 0 atom stereocenters. The third-order valence-corrected chi connectivity index (χ3v) is 2.65. The van der Waals surface area contributed by atoms with Crippen LogP contribution in [0.15, 0.2) is 54.1 Å². The van der Waals surface area contributed by atoms with Crippen LogP contribution >= 0.6 is 0 Å². The van der Waals surface area contributed by atoms with Crippen LogP contribution in [0.2, 0.25) is 0 Å². The summed E-state index contributed by atoms with van der Waals surface area (Å²) in [7, 11) is 0. The van der Waals surface area contributed by atoms with Crippen molar-refractivity contribution in [2.45, 2.75) is 20.8 Å². The number of hydrogen-bond acceptors (Lipinski definition) is 1. The van der Waals surface area contributed by atoms with E-state index in [9.17, 15) is 0 Å². The molecule has 1 rings (SSSR count). The minimum Gasteiger partial charge on any atom is -0.192 e. The minimum atomic E-state index is 0.626. The van der Waals surface area contributed by atoms with Gasteiger partial charge in [-0.1, -0.05) is 36.9 Å². The van der Waals surface area contributed by atoms with Gasteiger partial charge in [0.05, 0.1) is 11.6 Å². The molecule has 0 aliphatic rings. The van der Waals surface area contributed by atoms with E-state index in [0.29, 0.717) is 5.57 Å². The number of hydrogen-bond donors (Lipinski definition) is 0. The third kappa shape index (κ3) is 3.19. The third-order valence-electron chi connectivity index (χ3n) is 2.65. The molecular weight excluding hydrogens is 206 g/mol. The molecule has 0 aliphatic carbocycles. The molecule has 0 saturated heterocycles. The Morgan fingerprint density at radius 3 is 2.47 bits per heavy atom. The summed E-state index contributed by atoms with van der Waals surface area (Å²) in [6.07, 6.45) is 3.91. The fourth-order valence-electron chi connectivity index (χ4n) is 1.62. The van der Waals surface area contributed by atoms with Crippen LogP contribution in [-0.4, -0.2) is 0 Å². The minimum absolute atomic E-state index is 0.626. The SMILES string of the molecule is C=C(C)/C(C#N)=C/C(=C/C)c1ccccc1C. The Hall–Kier alpha value is -2.07. The molecule has 0 N–H and O–H groups in total. The maximum absolute atomic E-state index is 9.05. The Kier molecular flexibility index (Phi) is 4.48. The fraction of sp³-hybridized carbons (Fsp3) is 0.188. The van der Waals surface area contributed by atoms with Crippen LogP contribution in [0.5, 0.6) is 0 Å². The van der Waals surface area contributed by atoms with E-state index >= 15 is 0 Å². The molecule has 0 unspecified atom stereocenters. The number of nitrogens with zero attached hydrogens (tertiary/aromatic N) is 1. The predicted molar refractivity (Wildman–Crippen MR) is 73.3 cm³/mol. The lowest BCUT2D eigenvalue weighted by atomic mass is 9.97.